The Labute approximate surface area is 93.5 Å². The van der Waals surface area contributed by atoms with Crippen LogP contribution in [-0.4, -0.2) is 45.5 Å². The zero-order chi connectivity index (χ0) is 12.0. The van der Waals surface area contributed by atoms with Crippen LogP contribution in [0.3, 0.4) is 0 Å². The molecule has 0 amide bonds. The molecule has 1 unspecified atom stereocenters. The highest BCUT2D eigenvalue weighted by atomic mass is 16.6. The van der Waals surface area contributed by atoms with Crippen LogP contribution in [0.2, 0.25) is 0 Å². The third kappa shape index (κ3) is 3.88. The maximum atomic E-state index is 9.34. The third-order valence-electron chi connectivity index (χ3n) is 2.14. The summed E-state index contributed by atoms with van der Waals surface area (Å²) in [5.41, 5.74) is 0.840. The Hall–Kier alpha value is -0.980. The van der Waals surface area contributed by atoms with Crippen molar-refractivity contribution in [2.24, 2.45) is 0 Å². The smallest absolute Gasteiger partial charge is 0.183 e. The minimum absolute atomic E-state index is 0.122. The molecule has 0 saturated carbocycles. The Morgan fingerprint density at radius 3 is 2.25 bits per heavy atom. The van der Waals surface area contributed by atoms with Gasteiger partial charge in [0.15, 0.2) is 6.29 Å². The molecule has 3 atom stereocenters. The molecule has 5 nitrogen and oxygen atoms in total. The second-order valence-corrected chi connectivity index (χ2v) is 3.43. The summed E-state index contributed by atoms with van der Waals surface area (Å²) in [6, 6.07) is 9.11. The van der Waals surface area contributed by atoms with Gasteiger partial charge >= 0.3 is 0 Å². The lowest BCUT2D eigenvalue weighted by molar-refractivity contribution is -0.198. The Bertz CT molecular complexity index is 290. The molecule has 0 heterocycles. The van der Waals surface area contributed by atoms with E-state index in [4.69, 9.17) is 14.9 Å². The van der Waals surface area contributed by atoms with Crippen molar-refractivity contribution in [1.82, 2.24) is 0 Å². The summed E-state index contributed by atoms with van der Waals surface area (Å²) in [5, 5.41) is 36.2. The van der Waals surface area contributed by atoms with Crippen LogP contribution in [-0.2, 0) is 11.3 Å². The maximum absolute atomic E-state index is 9.34. The van der Waals surface area contributed by atoms with Crippen LogP contribution in [0.25, 0.3) is 0 Å². The number of hydrogen-bond donors (Lipinski definition) is 4. The standard InChI is InChI=1S/C11H16O5/c12-6-9(13)10(14)11(15)16-7-8-4-2-1-3-5-8/h1-5,9-15H,6-7H2/t9-,10+,11?/m0/s1. The molecule has 1 aromatic carbocycles. The monoisotopic (exact) mass is 228 g/mol. The molecular formula is C11H16O5. The normalized spacial score (nSPS) is 16.8. The summed E-state index contributed by atoms with van der Waals surface area (Å²) in [4.78, 5) is 0. The van der Waals surface area contributed by atoms with Crippen LogP contribution in [0, 0.1) is 0 Å². The fourth-order valence-corrected chi connectivity index (χ4v) is 1.15. The van der Waals surface area contributed by atoms with E-state index in [1.165, 1.54) is 0 Å². The number of benzene rings is 1. The number of hydrogen-bond acceptors (Lipinski definition) is 5. The van der Waals surface area contributed by atoms with Crippen molar-refractivity contribution in [3.05, 3.63) is 35.9 Å². The van der Waals surface area contributed by atoms with E-state index in [0.29, 0.717) is 0 Å². The summed E-state index contributed by atoms with van der Waals surface area (Å²) < 4.78 is 4.95. The van der Waals surface area contributed by atoms with Gasteiger partial charge in [-0.25, -0.2) is 0 Å². The predicted octanol–water partition coefficient (Wildman–Crippen LogP) is -0.764. The molecule has 90 valence electrons. The molecule has 16 heavy (non-hydrogen) atoms. The lowest BCUT2D eigenvalue weighted by Gasteiger charge is -2.21. The summed E-state index contributed by atoms with van der Waals surface area (Å²) >= 11 is 0. The minimum atomic E-state index is -1.53. The van der Waals surface area contributed by atoms with E-state index in [1.54, 1.807) is 0 Å². The minimum Gasteiger partial charge on any atom is -0.394 e. The van der Waals surface area contributed by atoms with Gasteiger partial charge in [0, 0.05) is 0 Å². The Morgan fingerprint density at radius 1 is 1.06 bits per heavy atom. The fourth-order valence-electron chi connectivity index (χ4n) is 1.15. The van der Waals surface area contributed by atoms with Gasteiger partial charge in [0.2, 0.25) is 0 Å². The van der Waals surface area contributed by atoms with Gasteiger partial charge in [0.1, 0.15) is 12.2 Å². The predicted molar refractivity (Wildman–Crippen MR) is 56.3 cm³/mol. The average molecular weight is 228 g/mol. The summed E-state index contributed by atoms with van der Waals surface area (Å²) in [7, 11) is 0. The second kappa shape index (κ2) is 6.57. The van der Waals surface area contributed by atoms with Crippen molar-refractivity contribution in [3.8, 4) is 0 Å². The Morgan fingerprint density at radius 2 is 1.69 bits per heavy atom. The van der Waals surface area contributed by atoms with Crippen LogP contribution in [0.1, 0.15) is 5.56 Å². The first kappa shape index (κ1) is 13.1. The number of aliphatic hydroxyl groups excluding tert-OH is 4. The number of aliphatic hydroxyl groups is 4. The van der Waals surface area contributed by atoms with Crippen molar-refractivity contribution >= 4 is 0 Å². The van der Waals surface area contributed by atoms with Gasteiger partial charge in [0.05, 0.1) is 13.2 Å². The highest BCUT2D eigenvalue weighted by molar-refractivity contribution is 5.13. The van der Waals surface area contributed by atoms with Crippen molar-refractivity contribution in [2.75, 3.05) is 6.61 Å². The Kier molecular flexibility index (Phi) is 5.37. The number of rotatable bonds is 6. The van der Waals surface area contributed by atoms with Crippen molar-refractivity contribution in [3.63, 3.8) is 0 Å². The van der Waals surface area contributed by atoms with E-state index in [0.717, 1.165) is 5.56 Å². The largest absolute Gasteiger partial charge is 0.394 e. The van der Waals surface area contributed by atoms with Gasteiger partial charge in [-0.15, -0.1) is 0 Å². The van der Waals surface area contributed by atoms with Crippen LogP contribution >= 0.6 is 0 Å². The molecule has 0 radical (unpaired) electrons. The average Bonchev–Trinajstić information content (AvgIpc) is 2.35. The SMILES string of the molecule is OC[C@H](O)[C@@H](O)C(O)OCc1ccccc1. The molecule has 0 aliphatic carbocycles. The van der Waals surface area contributed by atoms with E-state index in [1.807, 2.05) is 30.3 Å². The molecular weight excluding hydrogens is 212 g/mol. The molecule has 1 rings (SSSR count). The first-order valence-corrected chi connectivity index (χ1v) is 4.95. The summed E-state index contributed by atoms with van der Waals surface area (Å²) in [6.45, 7) is -0.510. The van der Waals surface area contributed by atoms with Crippen molar-refractivity contribution in [1.29, 1.82) is 0 Å². The van der Waals surface area contributed by atoms with E-state index in [9.17, 15) is 10.2 Å². The number of ether oxygens (including phenoxy) is 1. The summed E-state index contributed by atoms with van der Waals surface area (Å²) in [5.74, 6) is 0. The first-order valence-electron chi connectivity index (χ1n) is 4.95. The van der Waals surface area contributed by atoms with Crippen LogP contribution in [0.5, 0.6) is 0 Å². The van der Waals surface area contributed by atoms with Gasteiger partial charge in [-0.3, -0.25) is 0 Å². The third-order valence-corrected chi connectivity index (χ3v) is 2.14. The topological polar surface area (TPSA) is 90.2 Å². The molecule has 5 heteroatoms. The van der Waals surface area contributed by atoms with E-state index < -0.39 is 25.1 Å². The molecule has 0 bridgehead atoms. The van der Waals surface area contributed by atoms with Crippen molar-refractivity contribution < 1.29 is 25.2 Å². The lowest BCUT2D eigenvalue weighted by atomic mass is 10.2. The summed E-state index contributed by atoms with van der Waals surface area (Å²) in [6.07, 6.45) is -4.46. The molecule has 0 aliphatic rings. The highest BCUT2D eigenvalue weighted by Gasteiger charge is 2.24. The first-order chi connectivity index (χ1) is 7.65. The van der Waals surface area contributed by atoms with Crippen LogP contribution < -0.4 is 0 Å². The quantitative estimate of drug-likeness (QED) is 0.480. The fraction of sp³-hybridized carbons (Fsp3) is 0.455. The Balaban J connectivity index is 2.38. The van der Waals surface area contributed by atoms with Gasteiger partial charge in [-0.2, -0.15) is 0 Å². The van der Waals surface area contributed by atoms with Gasteiger partial charge in [-0.05, 0) is 5.56 Å². The van der Waals surface area contributed by atoms with Gasteiger partial charge in [-0.1, -0.05) is 30.3 Å². The van der Waals surface area contributed by atoms with Crippen molar-refractivity contribution in [2.45, 2.75) is 25.1 Å². The molecule has 1 aromatic rings. The zero-order valence-corrected chi connectivity index (χ0v) is 8.73. The lowest BCUT2D eigenvalue weighted by Crippen LogP contribution is -2.40. The molecule has 0 fully saturated rings. The zero-order valence-electron chi connectivity index (χ0n) is 8.73. The van der Waals surface area contributed by atoms with Crippen LogP contribution in [0.15, 0.2) is 30.3 Å². The van der Waals surface area contributed by atoms with Crippen LogP contribution in [0.4, 0.5) is 0 Å². The molecule has 0 aliphatic heterocycles. The second-order valence-electron chi connectivity index (χ2n) is 3.43. The van der Waals surface area contributed by atoms with E-state index in [2.05, 4.69) is 0 Å². The van der Waals surface area contributed by atoms with Gasteiger partial charge in [0.25, 0.3) is 0 Å². The van der Waals surface area contributed by atoms with E-state index >= 15 is 0 Å². The molecule has 4 N–H and O–H groups in total. The molecule has 0 saturated heterocycles. The highest BCUT2D eigenvalue weighted by Crippen LogP contribution is 2.06. The maximum Gasteiger partial charge on any atom is 0.183 e. The molecule has 0 aromatic heterocycles. The molecule has 0 spiro atoms. The van der Waals surface area contributed by atoms with Gasteiger partial charge < -0.3 is 25.2 Å². The van der Waals surface area contributed by atoms with E-state index in [-0.39, 0.29) is 6.61 Å².